The number of hydrogen-bond acceptors (Lipinski definition) is 9. The van der Waals surface area contributed by atoms with E-state index in [9.17, 15) is 15.3 Å². The average Bonchev–Trinajstić information content (AvgIpc) is 3.23. The Balaban J connectivity index is 1.50. The number of aliphatic hydroxyl groups excluding tert-OH is 3. The van der Waals surface area contributed by atoms with E-state index in [0.717, 1.165) is 25.9 Å². The molecule has 0 bridgehead atoms. The first-order valence-electron chi connectivity index (χ1n) is 9.66. The van der Waals surface area contributed by atoms with E-state index in [1.165, 1.54) is 12.7 Å². The molecule has 0 spiro atoms. The lowest BCUT2D eigenvalue weighted by atomic mass is 9.83. The van der Waals surface area contributed by atoms with Gasteiger partial charge in [-0.25, -0.2) is 15.0 Å². The van der Waals surface area contributed by atoms with Gasteiger partial charge in [-0.05, 0) is 18.3 Å². The number of nitrogens with zero attached hydrogens (tertiary/aromatic N) is 5. The lowest BCUT2D eigenvalue weighted by Gasteiger charge is -2.36. The molecule has 0 radical (unpaired) electrons. The van der Waals surface area contributed by atoms with Gasteiger partial charge in [0, 0.05) is 13.1 Å². The van der Waals surface area contributed by atoms with E-state index >= 15 is 0 Å². The second-order valence-corrected chi connectivity index (χ2v) is 8.39. The Morgan fingerprint density at radius 1 is 1.18 bits per heavy atom. The highest BCUT2D eigenvalue weighted by molar-refractivity contribution is 5.82. The number of ether oxygens (including phenoxy) is 1. The Labute approximate surface area is 163 Å². The van der Waals surface area contributed by atoms with Crippen molar-refractivity contribution >= 4 is 17.0 Å². The van der Waals surface area contributed by atoms with E-state index in [0.29, 0.717) is 29.1 Å². The van der Waals surface area contributed by atoms with Crippen LogP contribution in [0.3, 0.4) is 0 Å². The summed E-state index contributed by atoms with van der Waals surface area (Å²) in [5.41, 5.74) is 1.46. The highest BCUT2D eigenvalue weighted by Crippen LogP contribution is 2.32. The fourth-order valence-corrected chi connectivity index (χ4v) is 3.78. The van der Waals surface area contributed by atoms with Gasteiger partial charge in [0.25, 0.3) is 0 Å². The van der Waals surface area contributed by atoms with Gasteiger partial charge in [-0.1, -0.05) is 13.8 Å². The predicted molar refractivity (Wildman–Crippen MR) is 101 cm³/mol. The molecule has 2 aliphatic rings. The molecular weight excluding hydrogens is 364 g/mol. The summed E-state index contributed by atoms with van der Waals surface area (Å²) < 4.78 is 7.15. The van der Waals surface area contributed by atoms with Crippen molar-refractivity contribution in [3.8, 4) is 0 Å². The Bertz CT molecular complexity index is 818. The van der Waals surface area contributed by atoms with Crippen molar-refractivity contribution in [2.75, 3.05) is 31.7 Å². The molecule has 10 heteroatoms. The zero-order chi connectivity index (χ0) is 19.9. The summed E-state index contributed by atoms with van der Waals surface area (Å²) in [4.78, 5) is 15.3. The van der Waals surface area contributed by atoms with Crippen LogP contribution in [0.1, 0.15) is 32.9 Å². The number of aliphatic hydroxyl groups is 3. The Kier molecular flexibility index (Phi) is 5.23. The third-order valence-electron chi connectivity index (χ3n) is 5.83. The molecule has 0 amide bonds. The number of nitrogens with one attached hydrogen (secondary N) is 1. The second-order valence-electron chi connectivity index (χ2n) is 8.39. The molecule has 2 aliphatic heterocycles. The fraction of sp³-hybridized carbons (Fsp3) is 0.722. The largest absolute Gasteiger partial charge is 0.394 e. The van der Waals surface area contributed by atoms with Gasteiger partial charge in [0.05, 0.1) is 19.6 Å². The molecule has 2 aromatic heterocycles. The van der Waals surface area contributed by atoms with Gasteiger partial charge in [-0.3, -0.25) is 9.47 Å². The van der Waals surface area contributed by atoms with Crippen LogP contribution >= 0.6 is 0 Å². The summed E-state index contributed by atoms with van der Waals surface area (Å²) in [6.45, 7) is 6.96. The molecule has 4 N–H and O–H groups in total. The Morgan fingerprint density at radius 3 is 2.61 bits per heavy atom. The van der Waals surface area contributed by atoms with E-state index in [1.54, 1.807) is 4.57 Å². The zero-order valence-electron chi connectivity index (χ0n) is 16.2. The monoisotopic (exact) mass is 392 g/mol. The standard InChI is InChI=1S/C18H28N6O4/c1-18(2)3-5-23(6-4-18)9-22-15-12-16(20-8-19-15)24(10-21-12)17-14(27)13(26)11(7-25)28-17/h8,10-11,13-14,17,25-27H,3-7,9H2,1-2H3,(H,19,20,22)/t11-,13-,14-,17-/m1/s1. The molecule has 0 aromatic carbocycles. The van der Waals surface area contributed by atoms with Crippen molar-refractivity contribution in [3.63, 3.8) is 0 Å². The molecule has 2 saturated heterocycles. The lowest BCUT2D eigenvalue weighted by Crippen LogP contribution is -2.40. The first-order valence-corrected chi connectivity index (χ1v) is 9.66. The minimum atomic E-state index is -1.18. The van der Waals surface area contributed by atoms with Crippen LogP contribution in [0.2, 0.25) is 0 Å². The first-order chi connectivity index (χ1) is 13.4. The Hall–Kier alpha value is -1.85. The van der Waals surface area contributed by atoms with Gasteiger partial charge in [0.2, 0.25) is 0 Å². The maximum atomic E-state index is 10.3. The van der Waals surface area contributed by atoms with Crippen LogP contribution in [0.25, 0.3) is 11.2 Å². The lowest BCUT2D eigenvalue weighted by molar-refractivity contribution is -0.0511. The number of imidazole rings is 1. The summed E-state index contributed by atoms with van der Waals surface area (Å²) in [6, 6.07) is 0. The molecule has 4 heterocycles. The van der Waals surface area contributed by atoms with Gasteiger partial charge in [-0.15, -0.1) is 0 Å². The summed E-state index contributed by atoms with van der Waals surface area (Å²) in [7, 11) is 0. The number of fused-ring (bicyclic) bond motifs is 1. The first kappa shape index (κ1) is 19.5. The van der Waals surface area contributed by atoms with E-state index in [4.69, 9.17) is 4.74 Å². The Morgan fingerprint density at radius 2 is 1.93 bits per heavy atom. The minimum absolute atomic E-state index is 0.379. The molecular formula is C18H28N6O4. The smallest absolute Gasteiger partial charge is 0.167 e. The zero-order valence-corrected chi connectivity index (χ0v) is 16.2. The second kappa shape index (κ2) is 7.53. The van der Waals surface area contributed by atoms with E-state index in [1.807, 2.05) is 0 Å². The minimum Gasteiger partial charge on any atom is -0.394 e. The number of likely N-dealkylation sites (tertiary alicyclic amines) is 1. The predicted octanol–water partition coefficient (Wildman–Crippen LogP) is -0.0708. The maximum Gasteiger partial charge on any atom is 0.167 e. The van der Waals surface area contributed by atoms with E-state index < -0.39 is 24.5 Å². The normalized spacial score (nSPS) is 30.8. The quantitative estimate of drug-likeness (QED) is 0.552. The number of hydrogen-bond donors (Lipinski definition) is 4. The third kappa shape index (κ3) is 3.58. The number of piperidine rings is 1. The fourth-order valence-electron chi connectivity index (χ4n) is 3.78. The number of rotatable bonds is 5. The molecule has 0 unspecified atom stereocenters. The molecule has 0 aliphatic carbocycles. The molecule has 10 nitrogen and oxygen atoms in total. The number of anilines is 1. The van der Waals surface area contributed by atoms with Gasteiger partial charge < -0.3 is 25.4 Å². The van der Waals surface area contributed by atoms with Crippen molar-refractivity contribution in [2.24, 2.45) is 5.41 Å². The van der Waals surface area contributed by atoms with Crippen LogP contribution in [0, 0.1) is 5.41 Å². The van der Waals surface area contributed by atoms with Crippen LogP contribution in [0.15, 0.2) is 12.7 Å². The summed E-state index contributed by atoms with van der Waals surface area (Å²) in [5, 5.41) is 32.9. The van der Waals surface area contributed by atoms with Crippen LogP contribution in [-0.4, -0.2) is 84.4 Å². The van der Waals surface area contributed by atoms with Gasteiger partial charge >= 0.3 is 0 Å². The van der Waals surface area contributed by atoms with Gasteiger partial charge in [0.1, 0.15) is 24.6 Å². The number of aromatic nitrogens is 4. The molecule has 154 valence electrons. The van der Waals surface area contributed by atoms with Crippen LogP contribution in [0.5, 0.6) is 0 Å². The van der Waals surface area contributed by atoms with Gasteiger partial charge in [0.15, 0.2) is 23.2 Å². The van der Waals surface area contributed by atoms with Crippen molar-refractivity contribution in [1.82, 2.24) is 24.4 Å². The molecule has 4 atom stereocenters. The molecule has 2 fully saturated rings. The summed E-state index contributed by atoms with van der Waals surface area (Å²) in [6.07, 6.45) is 1.19. The highest BCUT2D eigenvalue weighted by atomic mass is 16.6. The van der Waals surface area contributed by atoms with E-state index in [-0.39, 0.29) is 6.61 Å². The van der Waals surface area contributed by atoms with Crippen LogP contribution < -0.4 is 5.32 Å². The maximum absolute atomic E-state index is 10.3. The van der Waals surface area contributed by atoms with Crippen molar-refractivity contribution in [3.05, 3.63) is 12.7 Å². The summed E-state index contributed by atoms with van der Waals surface area (Å²) in [5.74, 6) is 0.611. The van der Waals surface area contributed by atoms with Gasteiger partial charge in [-0.2, -0.15) is 0 Å². The topological polar surface area (TPSA) is 129 Å². The van der Waals surface area contributed by atoms with Crippen molar-refractivity contribution < 1.29 is 20.1 Å². The summed E-state index contributed by atoms with van der Waals surface area (Å²) >= 11 is 0. The SMILES string of the molecule is CC1(C)CCN(CNc2ncnc3c2ncn3[C@@H]2O[C@H](CO)[C@@H](O)[C@H]2O)CC1. The van der Waals surface area contributed by atoms with Crippen LogP contribution in [0.4, 0.5) is 5.82 Å². The molecule has 28 heavy (non-hydrogen) atoms. The third-order valence-corrected chi connectivity index (χ3v) is 5.83. The van der Waals surface area contributed by atoms with Crippen LogP contribution in [-0.2, 0) is 4.74 Å². The molecule has 2 aromatic rings. The molecule has 0 saturated carbocycles. The highest BCUT2D eigenvalue weighted by Gasteiger charge is 2.44. The van der Waals surface area contributed by atoms with Crippen molar-refractivity contribution in [1.29, 1.82) is 0 Å². The average molecular weight is 392 g/mol. The van der Waals surface area contributed by atoms with Crippen molar-refractivity contribution in [2.45, 2.75) is 51.2 Å². The van der Waals surface area contributed by atoms with E-state index in [2.05, 4.69) is 39.0 Å². The molecule has 4 rings (SSSR count).